The standard InChI is InChI=1S/C16H18N6O2/c1-10-14(11(2)21-20-10)16(23)22-7-3-4-12(9-22)24-15-13(8-17)18-5-6-19-15/h5-6,12H,3-4,7,9H2,1-2H3,(H,20,21). The number of rotatable bonds is 3. The molecule has 1 aliphatic rings. The van der Waals surface area contributed by atoms with E-state index < -0.39 is 0 Å². The van der Waals surface area contributed by atoms with Crippen molar-refractivity contribution in [3.8, 4) is 11.9 Å². The molecule has 124 valence electrons. The van der Waals surface area contributed by atoms with Crippen LogP contribution in [0.5, 0.6) is 5.88 Å². The van der Waals surface area contributed by atoms with Crippen molar-refractivity contribution in [2.75, 3.05) is 13.1 Å². The van der Waals surface area contributed by atoms with E-state index in [-0.39, 0.29) is 23.6 Å². The zero-order chi connectivity index (χ0) is 17.1. The number of carbonyl (C=O) groups is 1. The van der Waals surface area contributed by atoms with Crippen LogP contribution in [0.1, 0.15) is 40.3 Å². The van der Waals surface area contributed by atoms with E-state index in [2.05, 4.69) is 20.2 Å². The van der Waals surface area contributed by atoms with Gasteiger partial charge in [0.25, 0.3) is 11.8 Å². The van der Waals surface area contributed by atoms with Crippen molar-refractivity contribution in [1.29, 1.82) is 5.26 Å². The minimum Gasteiger partial charge on any atom is -0.470 e. The number of nitrogens with zero attached hydrogens (tertiary/aromatic N) is 5. The summed E-state index contributed by atoms with van der Waals surface area (Å²) < 4.78 is 5.82. The lowest BCUT2D eigenvalue weighted by Gasteiger charge is -2.32. The van der Waals surface area contributed by atoms with Crippen LogP contribution in [0.25, 0.3) is 0 Å². The normalized spacial score (nSPS) is 17.4. The number of likely N-dealkylation sites (tertiary alicyclic amines) is 1. The third-order valence-electron chi connectivity index (χ3n) is 4.06. The average molecular weight is 326 g/mol. The second-order valence-electron chi connectivity index (χ2n) is 5.76. The van der Waals surface area contributed by atoms with Gasteiger partial charge in [0.1, 0.15) is 12.2 Å². The Morgan fingerprint density at radius 3 is 2.92 bits per heavy atom. The maximum absolute atomic E-state index is 12.8. The summed E-state index contributed by atoms with van der Waals surface area (Å²) in [4.78, 5) is 22.5. The number of aromatic nitrogens is 4. The number of amides is 1. The second kappa shape index (κ2) is 6.66. The monoisotopic (exact) mass is 326 g/mol. The van der Waals surface area contributed by atoms with E-state index in [9.17, 15) is 4.79 Å². The van der Waals surface area contributed by atoms with Crippen LogP contribution in [0.3, 0.4) is 0 Å². The Balaban J connectivity index is 1.73. The van der Waals surface area contributed by atoms with Gasteiger partial charge in [-0.05, 0) is 26.7 Å². The molecular weight excluding hydrogens is 308 g/mol. The number of ether oxygens (including phenoxy) is 1. The lowest BCUT2D eigenvalue weighted by Crippen LogP contribution is -2.44. The molecule has 1 N–H and O–H groups in total. The van der Waals surface area contributed by atoms with Crippen LogP contribution >= 0.6 is 0 Å². The molecule has 24 heavy (non-hydrogen) atoms. The summed E-state index contributed by atoms with van der Waals surface area (Å²) in [6.45, 7) is 4.77. The fourth-order valence-corrected chi connectivity index (χ4v) is 2.89. The van der Waals surface area contributed by atoms with Gasteiger partial charge in [-0.1, -0.05) is 0 Å². The average Bonchev–Trinajstić information content (AvgIpc) is 2.93. The molecule has 8 heteroatoms. The van der Waals surface area contributed by atoms with Gasteiger partial charge in [0, 0.05) is 24.6 Å². The predicted molar refractivity (Wildman–Crippen MR) is 84.4 cm³/mol. The topological polar surface area (TPSA) is 108 Å². The van der Waals surface area contributed by atoms with Crippen molar-refractivity contribution in [2.45, 2.75) is 32.8 Å². The maximum Gasteiger partial charge on any atom is 0.257 e. The van der Waals surface area contributed by atoms with E-state index in [4.69, 9.17) is 10.00 Å². The summed E-state index contributed by atoms with van der Waals surface area (Å²) in [5.41, 5.74) is 2.23. The molecule has 1 amide bonds. The largest absolute Gasteiger partial charge is 0.470 e. The number of hydrogen-bond donors (Lipinski definition) is 1. The minimum absolute atomic E-state index is 0.0493. The molecule has 1 atom stereocenters. The number of piperidine rings is 1. The van der Waals surface area contributed by atoms with Crippen LogP contribution in [0.2, 0.25) is 0 Å². The number of aromatic amines is 1. The van der Waals surface area contributed by atoms with Crippen LogP contribution in [0, 0.1) is 25.2 Å². The van der Waals surface area contributed by atoms with Gasteiger partial charge in [0.05, 0.1) is 17.8 Å². The number of nitriles is 1. The quantitative estimate of drug-likeness (QED) is 0.912. The summed E-state index contributed by atoms with van der Waals surface area (Å²) >= 11 is 0. The number of aryl methyl sites for hydroxylation is 2. The molecule has 0 radical (unpaired) electrons. The lowest BCUT2D eigenvalue weighted by molar-refractivity contribution is 0.0525. The highest BCUT2D eigenvalue weighted by Crippen LogP contribution is 2.21. The molecule has 1 fully saturated rings. The SMILES string of the molecule is Cc1n[nH]c(C)c1C(=O)N1CCCC(Oc2nccnc2C#N)C1. The van der Waals surface area contributed by atoms with Crippen LogP contribution in [-0.4, -0.2) is 50.2 Å². The molecular formula is C16H18N6O2. The summed E-state index contributed by atoms with van der Waals surface area (Å²) in [6, 6.07) is 1.96. The molecule has 1 unspecified atom stereocenters. The van der Waals surface area contributed by atoms with Crippen molar-refractivity contribution in [1.82, 2.24) is 25.1 Å². The minimum atomic E-state index is -0.209. The highest BCUT2D eigenvalue weighted by molar-refractivity contribution is 5.96. The smallest absolute Gasteiger partial charge is 0.257 e. The molecule has 1 saturated heterocycles. The Morgan fingerprint density at radius 2 is 2.21 bits per heavy atom. The zero-order valence-electron chi connectivity index (χ0n) is 13.6. The first-order chi connectivity index (χ1) is 11.6. The van der Waals surface area contributed by atoms with Crippen molar-refractivity contribution >= 4 is 5.91 Å². The number of nitrogens with one attached hydrogen (secondary N) is 1. The summed E-state index contributed by atoms with van der Waals surface area (Å²) in [7, 11) is 0. The van der Waals surface area contributed by atoms with E-state index in [1.807, 2.05) is 19.9 Å². The van der Waals surface area contributed by atoms with E-state index in [0.29, 0.717) is 24.3 Å². The number of carbonyl (C=O) groups excluding carboxylic acids is 1. The molecule has 0 aliphatic carbocycles. The van der Waals surface area contributed by atoms with Gasteiger partial charge in [-0.25, -0.2) is 9.97 Å². The molecule has 3 heterocycles. The van der Waals surface area contributed by atoms with E-state index in [1.54, 1.807) is 4.90 Å². The van der Waals surface area contributed by atoms with Crippen molar-refractivity contribution in [3.63, 3.8) is 0 Å². The van der Waals surface area contributed by atoms with E-state index in [1.165, 1.54) is 12.4 Å². The Bertz CT molecular complexity index is 775. The van der Waals surface area contributed by atoms with E-state index in [0.717, 1.165) is 18.5 Å². The molecule has 3 rings (SSSR count). The van der Waals surface area contributed by atoms with Gasteiger partial charge < -0.3 is 9.64 Å². The third-order valence-corrected chi connectivity index (χ3v) is 4.06. The molecule has 0 saturated carbocycles. The van der Waals surface area contributed by atoms with Crippen molar-refractivity contribution in [3.05, 3.63) is 35.0 Å². The molecule has 0 spiro atoms. The first-order valence-electron chi connectivity index (χ1n) is 7.78. The summed E-state index contributed by atoms with van der Waals surface area (Å²) in [6.07, 6.45) is 4.36. The predicted octanol–water partition coefficient (Wildman–Crippen LogP) is 1.37. The van der Waals surface area contributed by atoms with Crippen LogP contribution < -0.4 is 4.74 Å². The van der Waals surface area contributed by atoms with Gasteiger partial charge in [0.15, 0.2) is 0 Å². The highest BCUT2D eigenvalue weighted by Gasteiger charge is 2.29. The maximum atomic E-state index is 12.8. The Hall–Kier alpha value is -2.95. The van der Waals surface area contributed by atoms with Gasteiger partial charge in [-0.2, -0.15) is 10.4 Å². The van der Waals surface area contributed by atoms with Crippen LogP contribution in [0.15, 0.2) is 12.4 Å². The molecule has 2 aromatic heterocycles. The van der Waals surface area contributed by atoms with E-state index >= 15 is 0 Å². The van der Waals surface area contributed by atoms with Gasteiger partial charge >= 0.3 is 0 Å². The Morgan fingerprint density at radius 1 is 1.42 bits per heavy atom. The first kappa shape index (κ1) is 15.9. The molecule has 8 nitrogen and oxygen atoms in total. The fourth-order valence-electron chi connectivity index (χ4n) is 2.89. The Labute approximate surface area is 139 Å². The van der Waals surface area contributed by atoms with Gasteiger partial charge in [-0.3, -0.25) is 9.89 Å². The van der Waals surface area contributed by atoms with Crippen LogP contribution in [-0.2, 0) is 0 Å². The second-order valence-corrected chi connectivity index (χ2v) is 5.76. The number of H-pyrrole nitrogens is 1. The zero-order valence-corrected chi connectivity index (χ0v) is 13.6. The Kier molecular flexibility index (Phi) is 4.42. The highest BCUT2D eigenvalue weighted by atomic mass is 16.5. The van der Waals surface area contributed by atoms with Crippen LogP contribution in [0.4, 0.5) is 0 Å². The molecule has 0 aromatic carbocycles. The lowest BCUT2D eigenvalue weighted by atomic mass is 10.1. The van der Waals surface area contributed by atoms with Crippen molar-refractivity contribution in [2.24, 2.45) is 0 Å². The number of hydrogen-bond acceptors (Lipinski definition) is 6. The summed E-state index contributed by atoms with van der Waals surface area (Å²) in [5.74, 6) is 0.168. The molecule has 2 aromatic rings. The van der Waals surface area contributed by atoms with Gasteiger partial charge in [0.2, 0.25) is 5.69 Å². The molecule has 1 aliphatic heterocycles. The fraction of sp³-hybridized carbons (Fsp3) is 0.438. The van der Waals surface area contributed by atoms with Gasteiger partial charge in [-0.15, -0.1) is 0 Å². The summed E-state index contributed by atoms with van der Waals surface area (Å²) in [5, 5.41) is 16.0. The van der Waals surface area contributed by atoms with Crippen molar-refractivity contribution < 1.29 is 9.53 Å². The molecule has 0 bridgehead atoms. The first-order valence-corrected chi connectivity index (χ1v) is 7.78. The third kappa shape index (κ3) is 3.06.